The van der Waals surface area contributed by atoms with E-state index in [0.717, 1.165) is 32.4 Å². The van der Waals surface area contributed by atoms with Crippen LogP contribution in [0.25, 0.3) is 0 Å². The lowest BCUT2D eigenvalue weighted by molar-refractivity contribution is -0.150. The number of hydrogen-bond donors (Lipinski definition) is 2. The van der Waals surface area contributed by atoms with Crippen LogP contribution >= 0.6 is 0 Å². The smallest absolute Gasteiger partial charge is 0.239 e. The van der Waals surface area contributed by atoms with Crippen LogP contribution in [0.2, 0.25) is 0 Å². The molecule has 0 spiro atoms. The molecule has 2 fully saturated rings. The Morgan fingerprint density at radius 3 is 2.70 bits per heavy atom. The predicted octanol–water partition coefficient (Wildman–Crippen LogP) is 1.07. The van der Waals surface area contributed by atoms with Crippen LogP contribution < -0.4 is 10.6 Å². The number of carbonyl (C=O) groups is 1. The van der Waals surface area contributed by atoms with Crippen molar-refractivity contribution in [1.82, 2.24) is 10.6 Å². The molecule has 0 unspecified atom stereocenters. The molecule has 2 rings (SSSR count). The summed E-state index contributed by atoms with van der Waals surface area (Å²) in [5.41, 5.74) is 0.0984. The van der Waals surface area contributed by atoms with E-state index >= 15 is 0 Å². The normalized spacial score (nSPS) is 32.5. The van der Waals surface area contributed by atoms with Gasteiger partial charge in [-0.1, -0.05) is 13.8 Å². The fourth-order valence-corrected chi connectivity index (χ4v) is 3.59. The topological polar surface area (TPSA) is 59.6 Å². The minimum Gasteiger partial charge on any atom is -0.378 e. The summed E-state index contributed by atoms with van der Waals surface area (Å²) in [5.74, 6) is 0.0657. The minimum atomic E-state index is -0.207. The monoisotopic (exact) mass is 284 g/mol. The van der Waals surface area contributed by atoms with E-state index in [0.29, 0.717) is 13.2 Å². The van der Waals surface area contributed by atoms with Gasteiger partial charge in [0.15, 0.2) is 0 Å². The Morgan fingerprint density at radius 1 is 1.40 bits per heavy atom. The summed E-state index contributed by atoms with van der Waals surface area (Å²) in [6, 6.07) is 0.0200. The Hall–Kier alpha value is -0.650. The molecule has 0 aromatic heterocycles. The van der Waals surface area contributed by atoms with Crippen molar-refractivity contribution >= 4 is 5.91 Å². The highest BCUT2D eigenvalue weighted by Gasteiger charge is 2.54. The van der Waals surface area contributed by atoms with Crippen LogP contribution in [0.5, 0.6) is 0 Å². The van der Waals surface area contributed by atoms with Crippen molar-refractivity contribution in [2.75, 3.05) is 26.4 Å². The number of rotatable bonds is 6. The van der Waals surface area contributed by atoms with E-state index in [1.165, 1.54) is 0 Å². The quantitative estimate of drug-likeness (QED) is 0.766. The largest absolute Gasteiger partial charge is 0.378 e. The number of amides is 1. The number of ether oxygens (including phenoxy) is 2. The molecule has 1 saturated heterocycles. The fourth-order valence-electron chi connectivity index (χ4n) is 3.59. The molecule has 0 bridgehead atoms. The molecule has 20 heavy (non-hydrogen) atoms. The zero-order chi connectivity index (χ0) is 14.6. The molecule has 1 aliphatic heterocycles. The van der Waals surface area contributed by atoms with Crippen LogP contribution in [0.3, 0.4) is 0 Å². The van der Waals surface area contributed by atoms with E-state index < -0.39 is 0 Å². The second-order valence-electron chi connectivity index (χ2n) is 5.76. The lowest BCUT2D eigenvalue weighted by atomic mass is 9.58. The summed E-state index contributed by atoms with van der Waals surface area (Å²) in [6.45, 7) is 9.06. The third-order valence-corrected chi connectivity index (χ3v) is 5.02. The molecule has 0 aromatic rings. The van der Waals surface area contributed by atoms with Gasteiger partial charge in [-0.25, -0.2) is 0 Å². The van der Waals surface area contributed by atoms with Crippen molar-refractivity contribution in [3.63, 3.8) is 0 Å². The third-order valence-electron chi connectivity index (χ3n) is 5.02. The molecule has 1 heterocycles. The average Bonchev–Trinajstić information content (AvgIpc) is 2.48. The Morgan fingerprint density at radius 2 is 2.15 bits per heavy atom. The highest BCUT2D eigenvalue weighted by molar-refractivity contribution is 5.82. The van der Waals surface area contributed by atoms with Gasteiger partial charge in [-0.05, 0) is 26.2 Å². The summed E-state index contributed by atoms with van der Waals surface area (Å²) >= 11 is 0. The van der Waals surface area contributed by atoms with Gasteiger partial charge in [0.25, 0.3) is 0 Å². The van der Waals surface area contributed by atoms with E-state index in [9.17, 15) is 4.79 Å². The van der Waals surface area contributed by atoms with Crippen LogP contribution in [0, 0.1) is 5.41 Å². The Kier molecular flexibility index (Phi) is 5.41. The van der Waals surface area contributed by atoms with E-state index in [2.05, 4.69) is 24.5 Å². The first-order chi connectivity index (χ1) is 9.67. The average molecular weight is 284 g/mol. The first kappa shape index (κ1) is 15.7. The zero-order valence-electron chi connectivity index (χ0n) is 12.9. The van der Waals surface area contributed by atoms with Gasteiger partial charge in [0.05, 0.1) is 19.3 Å². The Bertz CT molecular complexity index is 325. The van der Waals surface area contributed by atoms with Gasteiger partial charge < -0.3 is 20.1 Å². The van der Waals surface area contributed by atoms with Gasteiger partial charge in [-0.3, -0.25) is 4.79 Å². The van der Waals surface area contributed by atoms with Crippen molar-refractivity contribution < 1.29 is 14.3 Å². The van der Waals surface area contributed by atoms with Crippen molar-refractivity contribution in [3.8, 4) is 0 Å². The molecule has 116 valence electrons. The van der Waals surface area contributed by atoms with Crippen molar-refractivity contribution in [1.29, 1.82) is 0 Å². The zero-order valence-corrected chi connectivity index (χ0v) is 12.9. The van der Waals surface area contributed by atoms with E-state index in [1.807, 2.05) is 6.92 Å². The van der Waals surface area contributed by atoms with Crippen LogP contribution in [0.1, 0.15) is 40.0 Å². The van der Waals surface area contributed by atoms with Gasteiger partial charge in [0, 0.05) is 24.6 Å². The molecular weight excluding hydrogens is 256 g/mol. The predicted molar refractivity (Wildman–Crippen MR) is 77.6 cm³/mol. The molecule has 5 nitrogen and oxygen atoms in total. The maximum Gasteiger partial charge on any atom is 0.239 e. The van der Waals surface area contributed by atoms with Crippen molar-refractivity contribution in [3.05, 3.63) is 0 Å². The number of nitrogens with one attached hydrogen (secondary N) is 2. The molecule has 2 N–H and O–H groups in total. The first-order valence-corrected chi connectivity index (χ1v) is 7.91. The molecule has 0 radical (unpaired) electrons. The van der Waals surface area contributed by atoms with Gasteiger partial charge in [-0.2, -0.15) is 0 Å². The summed E-state index contributed by atoms with van der Waals surface area (Å²) in [6.07, 6.45) is 3.28. The van der Waals surface area contributed by atoms with Crippen LogP contribution in [0.4, 0.5) is 0 Å². The highest BCUT2D eigenvalue weighted by atomic mass is 16.5. The van der Waals surface area contributed by atoms with Crippen LogP contribution in [-0.2, 0) is 14.3 Å². The minimum absolute atomic E-state index is 0.0657. The lowest BCUT2D eigenvalue weighted by Crippen LogP contribution is -2.66. The Balaban J connectivity index is 1.93. The van der Waals surface area contributed by atoms with E-state index in [1.54, 1.807) is 0 Å². The van der Waals surface area contributed by atoms with Crippen molar-refractivity contribution in [2.24, 2.45) is 5.41 Å². The van der Waals surface area contributed by atoms with Gasteiger partial charge in [0.1, 0.15) is 6.04 Å². The summed E-state index contributed by atoms with van der Waals surface area (Å²) in [7, 11) is 0. The number of morpholine rings is 1. The van der Waals surface area contributed by atoms with E-state index in [-0.39, 0.29) is 29.5 Å². The van der Waals surface area contributed by atoms with Gasteiger partial charge in [-0.15, -0.1) is 0 Å². The molecule has 1 amide bonds. The summed E-state index contributed by atoms with van der Waals surface area (Å²) in [4.78, 5) is 12.3. The van der Waals surface area contributed by atoms with Gasteiger partial charge in [0.2, 0.25) is 5.91 Å². The summed E-state index contributed by atoms with van der Waals surface area (Å²) < 4.78 is 11.2. The Labute approximate surface area is 121 Å². The molecule has 0 aromatic carbocycles. The molecule has 5 heteroatoms. The SMILES string of the molecule is CCO[C@@H]1C[C@@H](NC(=O)[C@@H]2COCCN2)C1(CC)CC. The van der Waals surface area contributed by atoms with Crippen LogP contribution in [0.15, 0.2) is 0 Å². The summed E-state index contributed by atoms with van der Waals surface area (Å²) in [5, 5.41) is 6.41. The molecule has 3 atom stereocenters. The lowest BCUT2D eigenvalue weighted by Gasteiger charge is -2.55. The second-order valence-corrected chi connectivity index (χ2v) is 5.76. The highest BCUT2D eigenvalue weighted by Crippen LogP contribution is 2.48. The maximum absolute atomic E-state index is 12.3. The molecule has 2 aliphatic rings. The number of hydrogen-bond acceptors (Lipinski definition) is 4. The molecule has 1 saturated carbocycles. The number of carbonyl (C=O) groups excluding carboxylic acids is 1. The maximum atomic E-state index is 12.3. The van der Waals surface area contributed by atoms with E-state index in [4.69, 9.17) is 9.47 Å². The fraction of sp³-hybridized carbons (Fsp3) is 0.933. The van der Waals surface area contributed by atoms with Crippen molar-refractivity contribution in [2.45, 2.75) is 58.2 Å². The third kappa shape index (κ3) is 2.85. The first-order valence-electron chi connectivity index (χ1n) is 7.91. The molecular formula is C15H28N2O3. The molecule has 1 aliphatic carbocycles. The van der Waals surface area contributed by atoms with Gasteiger partial charge >= 0.3 is 0 Å². The standard InChI is InChI=1S/C15H28N2O3/c1-4-15(5-2)12(9-13(15)20-6-3)17-14(18)11-10-19-8-7-16-11/h11-13,16H,4-10H2,1-3H3,(H,17,18)/t11-,12+,13+/m0/s1. The van der Waals surface area contributed by atoms with Crippen LogP contribution in [-0.4, -0.2) is 50.5 Å². The second kappa shape index (κ2) is 6.87.